The predicted octanol–water partition coefficient (Wildman–Crippen LogP) is 4.39. The Bertz CT molecular complexity index is 983. The monoisotopic (exact) mass is 459 g/mol. The first-order valence-corrected chi connectivity index (χ1v) is 11.7. The third-order valence-corrected chi connectivity index (χ3v) is 6.83. The SMILES string of the molecule is Cc1ccc(Cl)c2sc(N(CCN3CCOCC3)C(=O)CCOc3ccccc3)nc12. The molecule has 1 saturated heterocycles. The zero-order chi connectivity index (χ0) is 21.6. The number of amides is 1. The summed E-state index contributed by atoms with van der Waals surface area (Å²) in [6, 6.07) is 13.4. The maximum atomic E-state index is 13.2. The topological polar surface area (TPSA) is 54.9 Å². The van der Waals surface area contributed by atoms with Crippen LogP contribution in [0.5, 0.6) is 5.75 Å². The molecule has 0 atom stereocenters. The van der Waals surface area contributed by atoms with E-state index in [2.05, 4.69) is 4.90 Å². The summed E-state index contributed by atoms with van der Waals surface area (Å²) in [5, 5.41) is 1.35. The number of hydrogen-bond donors (Lipinski definition) is 0. The van der Waals surface area contributed by atoms with Gasteiger partial charge in [-0.1, -0.05) is 47.2 Å². The Morgan fingerprint density at radius 1 is 1.23 bits per heavy atom. The van der Waals surface area contributed by atoms with Crippen molar-refractivity contribution in [2.45, 2.75) is 13.3 Å². The summed E-state index contributed by atoms with van der Waals surface area (Å²) in [5.74, 6) is 0.759. The number of benzene rings is 2. The molecule has 31 heavy (non-hydrogen) atoms. The van der Waals surface area contributed by atoms with Gasteiger partial charge in [-0.15, -0.1) is 0 Å². The number of carbonyl (C=O) groups is 1. The molecule has 164 valence electrons. The number of rotatable bonds is 8. The average Bonchev–Trinajstić information content (AvgIpc) is 3.24. The van der Waals surface area contributed by atoms with Gasteiger partial charge in [0.05, 0.1) is 41.5 Å². The van der Waals surface area contributed by atoms with Crippen LogP contribution in [0.3, 0.4) is 0 Å². The molecule has 8 heteroatoms. The molecule has 1 fully saturated rings. The predicted molar refractivity (Wildman–Crippen MR) is 126 cm³/mol. The molecule has 0 spiro atoms. The number of hydrogen-bond acceptors (Lipinski definition) is 6. The van der Waals surface area contributed by atoms with Crippen LogP contribution in [0, 0.1) is 6.92 Å². The summed E-state index contributed by atoms with van der Waals surface area (Å²) < 4.78 is 12.1. The lowest BCUT2D eigenvalue weighted by Crippen LogP contribution is -2.43. The lowest BCUT2D eigenvalue weighted by Gasteiger charge is -2.29. The first-order chi connectivity index (χ1) is 15.1. The summed E-state index contributed by atoms with van der Waals surface area (Å²) >= 11 is 7.87. The minimum Gasteiger partial charge on any atom is -0.493 e. The van der Waals surface area contributed by atoms with Crippen LogP contribution in [-0.2, 0) is 9.53 Å². The van der Waals surface area contributed by atoms with Gasteiger partial charge in [-0.3, -0.25) is 14.6 Å². The van der Waals surface area contributed by atoms with Crippen LogP contribution in [0.2, 0.25) is 5.02 Å². The number of carbonyl (C=O) groups excluding carboxylic acids is 1. The number of nitrogens with zero attached hydrogens (tertiary/aromatic N) is 3. The zero-order valence-corrected chi connectivity index (χ0v) is 19.1. The van der Waals surface area contributed by atoms with Crippen molar-refractivity contribution in [3.05, 3.63) is 53.1 Å². The van der Waals surface area contributed by atoms with E-state index in [1.165, 1.54) is 11.3 Å². The van der Waals surface area contributed by atoms with Crippen molar-refractivity contribution in [1.29, 1.82) is 0 Å². The Hall–Kier alpha value is -2.19. The molecule has 0 N–H and O–H groups in total. The molecule has 0 radical (unpaired) electrons. The van der Waals surface area contributed by atoms with E-state index in [9.17, 15) is 4.79 Å². The van der Waals surface area contributed by atoms with Crippen LogP contribution in [0.1, 0.15) is 12.0 Å². The van der Waals surface area contributed by atoms with Crippen LogP contribution in [0.4, 0.5) is 5.13 Å². The third kappa shape index (κ3) is 5.54. The number of para-hydroxylation sites is 1. The number of thiazole rings is 1. The van der Waals surface area contributed by atoms with Crippen molar-refractivity contribution in [2.24, 2.45) is 0 Å². The van der Waals surface area contributed by atoms with Gasteiger partial charge in [0.15, 0.2) is 5.13 Å². The normalized spacial score (nSPS) is 14.6. The highest BCUT2D eigenvalue weighted by molar-refractivity contribution is 7.23. The Morgan fingerprint density at radius 3 is 2.74 bits per heavy atom. The summed E-state index contributed by atoms with van der Waals surface area (Å²) in [4.78, 5) is 22.1. The smallest absolute Gasteiger partial charge is 0.232 e. The molecule has 0 aliphatic carbocycles. The number of fused-ring (bicyclic) bond motifs is 1. The maximum Gasteiger partial charge on any atom is 0.232 e. The highest BCUT2D eigenvalue weighted by Crippen LogP contribution is 2.35. The number of aromatic nitrogens is 1. The quantitative estimate of drug-likeness (QED) is 0.500. The molecule has 4 rings (SSSR count). The van der Waals surface area contributed by atoms with E-state index in [0.29, 0.717) is 23.3 Å². The number of anilines is 1. The van der Waals surface area contributed by atoms with Crippen molar-refractivity contribution in [3.8, 4) is 5.75 Å². The number of morpholine rings is 1. The molecule has 1 aromatic heterocycles. The molecule has 0 unspecified atom stereocenters. The first-order valence-electron chi connectivity index (χ1n) is 10.5. The van der Waals surface area contributed by atoms with E-state index >= 15 is 0 Å². The standard InChI is InChI=1S/C23H26ClN3O3S/c1-17-7-8-19(24)22-21(17)25-23(31-22)27(11-10-26-12-15-29-16-13-26)20(28)9-14-30-18-5-3-2-4-6-18/h2-8H,9-16H2,1H3. The molecule has 2 heterocycles. The van der Waals surface area contributed by atoms with E-state index < -0.39 is 0 Å². The Kier molecular flexibility index (Phi) is 7.40. The van der Waals surface area contributed by atoms with Gasteiger partial charge >= 0.3 is 0 Å². The van der Waals surface area contributed by atoms with Gasteiger partial charge in [-0.2, -0.15) is 0 Å². The lowest BCUT2D eigenvalue weighted by atomic mass is 10.2. The fourth-order valence-corrected chi connectivity index (χ4v) is 4.87. The van der Waals surface area contributed by atoms with Gasteiger partial charge in [0, 0.05) is 26.2 Å². The summed E-state index contributed by atoms with van der Waals surface area (Å²) in [7, 11) is 0. The van der Waals surface area contributed by atoms with Crippen LogP contribution in [0.25, 0.3) is 10.2 Å². The van der Waals surface area contributed by atoms with Crippen LogP contribution < -0.4 is 9.64 Å². The van der Waals surface area contributed by atoms with Gasteiger partial charge in [0.25, 0.3) is 0 Å². The molecule has 3 aromatic rings. The fraction of sp³-hybridized carbons (Fsp3) is 0.391. The maximum absolute atomic E-state index is 13.2. The van der Waals surface area contributed by atoms with Gasteiger partial charge in [-0.25, -0.2) is 4.98 Å². The lowest BCUT2D eigenvalue weighted by molar-refractivity contribution is -0.119. The molecule has 0 saturated carbocycles. The van der Waals surface area contributed by atoms with Gasteiger partial charge in [-0.05, 0) is 30.7 Å². The number of halogens is 1. The minimum absolute atomic E-state index is 0.00276. The second-order valence-electron chi connectivity index (χ2n) is 7.45. The zero-order valence-electron chi connectivity index (χ0n) is 17.6. The second-order valence-corrected chi connectivity index (χ2v) is 8.83. The van der Waals surface area contributed by atoms with Crippen molar-refractivity contribution >= 4 is 44.2 Å². The van der Waals surface area contributed by atoms with Crippen molar-refractivity contribution in [1.82, 2.24) is 9.88 Å². The molecular formula is C23H26ClN3O3S. The largest absolute Gasteiger partial charge is 0.493 e. The summed E-state index contributed by atoms with van der Waals surface area (Å²) in [5.41, 5.74) is 1.91. The molecular weight excluding hydrogens is 434 g/mol. The van der Waals surface area contributed by atoms with Crippen LogP contribution >= 0.6 is 22.9 Å². The van der Waals surface area contributed by atoms with Gasteiger partial charge in [0.1, 0.15) is 5.75 Å². The molecule has 2 aromatic carbocycles. The average molecular weight is 460 g/mol. The molecule has 1 amide bonds. The second kappa shape index (κ2) is 10.4. The van der Waals surface area contributed by atoms with E-state index in [-0.39, 0.29) is 12.3 Å². The number of aryl methyl sites for hydroxylation is 1. The third-order valence-electron chi connectivity index (χ3n) is 5.29. The highest BCUT2D eigenvalue weighted by Gasteiger charge is 2.22. The summed E-state index contributed by atoms with van der Waals surface area (Å²) in [6.07, 6.45) is 0.278. The summed E-state index contributed by atoms with van der Waals surface area (Å²) in [6.45, 7) is 6.90. The van der Waals surface area contributed by atoms with E-state index in [1.54, 1.807) is 4.90 Å². The molecule has 0 bridgehead atoms. The van der Waals surface area contributed by atoms with Crippen molar-refractivity contribution in [2.75, 3.05) is 50.9 Å². The van der Waals surface area contributed by atoms with Crippen LogP contribution in [-0.4, -0.2) is 61.8 Å². The van der Waals surface area contributed by atoms with Gasteiger partial charge in [0.2, 0.25) is 5.91 Å². The van der Waals surface area contributed by atoms with Gasteiger partial charge < -0.3 is 9.47 Å². The minimum atomic E-state index is -0.00276. The van der Waals surface area contributed by atoms with E-state index in [0.717, 1.165) is 54.4 Å². The Balaban J connectivity index is 1.50. The fourth-order valence-electron chi connectivity index (χ4n) is 3.51. The Labute approximate surface area is 191 Å². The van der Waals surface area contributed by atoms with E-state index in [1.807, 2.05) is 49.4 Å². The number of ether oxygens (including phenoxy) is 2. The molecule has 1 aliphatic heterocycles. The first kappa shape index (κ1) is 22.0. The Morgan fingerprint density at radius 2 is 2.00 bits per heavy atom. The van der Waals surface area contributed by atoms with Crippen molar-refractivity contribution < 1.29 is 14.3 Å². The van der Waals surface area contributed by atoms with E-state index in [4.69, 9.17) is 26.1 Å². The van der Waals surface area contributed by atoms with Crippen LogP contribution in [0.15, 0.2) is 42.5 Å². The van der Waals surface area contributed by atoms with Crippen molar-refractivity contribution in [3.63, 3.8) is 0 Å². The highest BCUT2D eigenvalue weighted by atomic mass is 35.5. The molecule has 6 nitrogen and oxygen atoms in total. The molecule has 1 aliphatic rings.